The van der Waals surface area contributed by atoms with Crippen LogP contribution in [-0.2, 0) is 10.8 Å². The van der Waals surface area contributed by atoms with Crippen molar-refractivity contribution in [3.8, 4) is 22.3 Å². The van der Waals surface area contributed by atoms with Crippen molar-refractivity contribution in [3.63, 3.8) is 0 Å². The first kappa shape index (κ1) is 50.7. The van der Waals surface area contributed by atoms with E-state index in [-0.39, 0.29) is 10.8 Å². The number of anilines is 9. The first-order valence-electron chi connectivity index (χ1n) is 30.5. The van der Waals surface area contributed by atoms with Crippen LogP contribution >= 0.6 is 0 Å². The normalized spacial score (nSPS) is 13.7. The molecular weight excluding hydrogens is 1050 g/mol. The van der Waals surface area contributed by atoms with E-state index in [4.69, 9.17) is 0 Å². The largest absolute Gasteiger partial charge is 0.310 e. The highest BCUT2D eigenvalue weighted by molar-refractivity contribution is 6.10. The Labute approximate surface area is 507 Å². The molecule has 0 amide bonds. The molecule has 412 valence electrons. The Morgan fingerprint density at radius 2 is 0.575 bits per heavy atom. The highest BCUT2D eigenvalue weighted by atomic mass is 15.2. The molecule has 0 fully saturated rings. The van der Waals surface area contributed by atoms with Gasteiger partial charge in [0.2, 0.25) is 0 Å². The van der Waals surface area contributed by atoms with Gasteiger partial charge in [-0.2, -0.15) is 0 Å². The Morgan fingerprint density at radius 3 is 0.931 bits per heavy atom. The summed E-state index contributed by atoms with van der Waals surface area (Å²) < 4.78 is 0. The number of fused-ring (bicyclic) bond motifs is 10. The van der Waals surface area contributed by atoms with Gasteiger partial charge in [-0.05, 0) is 183 Å². The summed E-state index contributed by atoms with van der Waals surface area (Å²) in [5, 5.41) is 14.6. The highest BCUT2D eigenvalue weighted by Crippen LogP contribution is 2.61. The Bertz CT molecular complexity index is 4850. The predicted octanol–water partition coefficient (Wildman–Crippen LogP) is 23.6. The Morgan fingerprint density at radius 1 is 0.253 bits per heavy atom. The summed E-state index contributed by atoms with van der Waals surface area (Å²) in [5.41, 5.74) is 20.1. The fourth-order valence-corrected chi connectivity index (χ4v) is 14.8. The molecule has 15 aromatic rings. The molecule has 2 aliphatic heterocycles. The molecule has 0 saturated heterocycles. The average Bonchev–Trinajstić information content (AvgIpc) is 0.713. The molecule has 17 rings (SSSR count). The fourth-order valence-electron chi connectivity index (χ4n) is 14.8. The zero-order chi connectivity index (χ0) is 58.1. The number of benzene rings is 15. The lowest BCUT2D eigenvalue weighted by atomic mass is 9.66. The standard InChI is InChI=1S/C84H61N3/c1-83(2)74-30-17-31-75-82(74)87(80-44-36-62(52-76(80)83)68-42-46-78(72-28-15-13-26-70(68)72)85(64-38-32-54-18-5-9-22-58(54)48-64)65-39-33-55-19-6-10-23-59(55)49-65)81-45-37-63(53-77(81)84(75,3)4)69-43-47-79(73-29-16-14-27-71(69)73)86(66-40-34-56-20-7-11-24-60(56)50-66)67-41-35-57-21-8-12-25-61(57)51-67/h5-53H,1-4H3. The van der Waals surface area contributed by atoms with Crippen LogP contribution in [0, 0.1) is 0 Å². The van der Waals surface area contributed by atoms with Crippen molar-refractivity contribution in [1.82, 2.24) is 0 Å². The van der Waals surface area contributed by atoms with E-state index in [1.54, 1.807) is 0 Å². The van der Waals surface area contributed by atoms with Gasteiger partial charge in [-0.15, -0.1) is 0 Å². The Kier molecular flexibility index (Phi) is 11.3. The summed E-state index contributed by atoms with van der Waals surface area (Å²) in [6.07, 6.45) is 0. The number of hydrogen-bond donors (Lipinski definition) is 0. The van der Waals surface area contributed by atoms with Crippen LogP contribution in [0.4, 0.5) is 51.2 Å². The van der Waals surface area contributed by atoms with Crippen LogP contribution in [0.2, 0.25) is 0 Å². The molecule has 0 bridgehead atoms. The Hall–Kier alpha value is -10.7. The zero-order valence-corrected chi connectivity index (χ0v) is 49.1. The van der Waals surface area contributed by atoms with E-state index in [2.05, 4.69) is 340 Å². The SMILES string of the molecule is CC1(C)c2cc(-c3ccc(N(c4ccc5ccccc5c4)c4ccc5ccccc5c4)c4ccccc34)ccc2N2c3ccc(-c4ccc(N(c5ccc6ccccc6c5)c5ccc6ccccc6c5)c5ccccc45)cc3C(C)(C)c3cccc1c32. The van der Waals surface area contributed by atoms with Crippen molar-refractivity contribution in [1.29, 1.82) is 0 Å². The molecule has 3 heteroatoms. The van der Waals surface area contributed by atoms with Gasteiger partial charge in [0.1, 0.15) is 0 Å². The molecular formula is C84H61N3. The van der Waals surface area contributed by atoms with Crippen LogP contribution in [0.25, 0.3) is 86.9 Å². The van der Waals surface area contributed by atoms with E-state index in [0.717, 1.165) is 34.1 Å². The van der Waals surface area contributed by atoms with Crippen LogP contribution in [-0.4, -0.2) is 0 Å². The van der Waals surface area contributed by atoms with Gasteiger partial charge in [0.05, 0.1) is 28.4 Å². The van der Waals surface area contributed by atoms with Crippen LogP contribution in [0.15, 0.2) is 297 Å². The molecule has 0 spiro atoms. The first-order chi connectivity index (χ1) is 42.6. The molecule has 2 heterocycles. The second-order valence-electron chi connectivity index (χ2n) is 24.9. The van der Waals surface area contributed by atoms with Crippen molar-refractivity contribution in [3.05, 3.63) is 320 Å². The maximum absolute atomic E-state index is 2.60. The van der Waals surface area contributed by atoms with E-state index < -0.39 is 0 Å². The minimum atomic E-state index is -0.298. The summed E-state index contributed by atoms with van der Waals surface area (Å²) in [7, 11) is 0. The average molecular weight is 1110 g/mol. The second-order valence-corrected chi connectivity index (χ2v) is 24.9. The maximum atomic E-state index is 2.60. The van der Waals surface area contributed by atoms with Crippen LogP contribution in [0.5, 0.6) is 0 Å². The van der Waals surface area contributed by atoms with E-state index in [0.29, 0.717) is 0 Å². The summed E-state index contributed by atoms with van der Waals surface area (Å²) in [6, 6.07) is 111. The Balaban J connectivity index is 0.788. The van der Waals surface area contributed by atoms with Gasteiger partial charge in [0.15, 0.2) is 0 Å². The predicted molar refractivity (Wildman–Crippen MR) is 371 cm³/mol. The lowest BCUT2D eigenvalue weighted by Gasteiger charge is -2.49. The molecule has 3 nitrogen and oxygen atoms in total. The first-order valence-corrected chi connectivity index (χ1v) is 30.5. The summed E-state index contributed by atoms with van der Waals surface area (Å²) in [5.74, 6) is 0. The van der Waals surface area contributed by atoms with Gasteiger partial charge < -0.3 is 14.7 Å². The zero-order valence-electron chi connectivity index (χ0n) is 49.1. The molecule has 0 atom stereocenters. The third-order valence-electron chi connectivity index (χ3n) is 19.3. The number of para-hydroxylation sites is 1. The van der Waals surface area contributed by atoms with Crippen molar-refractivity contribution < 1.29 is 0 Å². The third-order valence-corrected chi connectivity index (χ3v) is 19.3. The quantitative estimate of drug-likeness (QED) is 0.150. The minimum absolute atomic E-state index is 0.298. The third kappa shape index (κ3) is 7.96. The lowest BCUT2D eigenvalue weighted by molar-refractivity contribution is 0.597. The number of nitrogens with zero attached hydrogens (tertiary/aromatic N) is 3. The molecule has 0 unspecified atom stereocenters. The lowest BCUT2D eigenvalue weighted by Crippen LogP contribution is -2.38. The molecule has 0 radical (unpaired) electrons. The van der Waals surface area contributed by atoms with E-state index in [1.165, 1.54) is 126 Å². The second kappa shape index (κ2) is 19.4. The summed E-state index contributed by atoms with van der Waals surface area (Å²) >= 11 is 0. The molecule has 0 saturated carbocycles. The molecule has 2 aliphatic rings. The minimum Gasteiger partial charge on any atom is -0.310 e. The van der Waals surface area contributed by atoms with Crippen LogP contribution in [0.1, 0.15) is 49.9 Å². The summed E-state index contributed by atoms with van der Waals surface area (Å²) in [4.78, 5) is 7.49. The topological polar surface area (TPSA) is 9.72 Å². The molecule has 0 aromatic heterocycles. The number of hydrogen-bond acceptors (Lipinski definition) is 3. The van der Waals surface area contributed by atoms with Crippen LogP contribution < -0.4 is 14.7 Å². The maximum Gasteiger partial charge on any atom is 0.0543 e. The highest BCUT2D eigenvalue weighted by Gasteiger charge is 2.45. The molecule has 87 heavy (non-hydrogen) atoms. The van der Waals surface area contributed by atoms with Crippen molar-refractivity contribution in [2.75, 3.05) is 14.7 Å². The van der Waals surface area contributed by atoms with E-state index >= 15 is 0 Å². The fraction of sp³-hybridized carbons (Fsp3) is 0.0714. The smallest absolute Gasteiger partial charge is 0.0543 e. The van der Waals surface area contributed by atoms with Gasteiger partial charge in [-0.3, -0.25) is 0 Å². The van der Waals surface area contributed by atoms with Gasteiger partial charge >= 0.3 is 0 Å². The summed E-state index contributed by atoms with van der Waals surface area (Å²) in [6.45, 7) is 9.71. The van der Waals surface area contributed by atoms with Gasteiger partial charge in [0.25, 0.3) is 0 Å². The van der Waals surface area contributed by atoms with Gasteiger partial charge in [-0.25, -0.2) is 0 Å². The van der Waals surface area contributed by atoms with Crippen molar-refractivity contribution in [2.24, 2.45) is 0 Å². The molecule has 0 aliphatic carbocycles. The van der Waals surface area contributed by atoms with Gasteiger partial charge in [-0.1, -0.05) is 240 Å². The monoisotopic (exact) mass is 1110 g/mol. The molecule has 15 aromatic carbocycles. The van der Waals surface area contributed by atoms with E-state index in [1.807, 2.05) is 0 Å². The molecule has 0 N–H and O–H groups in total. The van der Waals surface area contributed by atoms with Crippen LogP contribution in [0.3, 0.4) is 0 Å². The van der Waals surface area contributed by atoms with Gasteiger partial charge in [0, 0.05) is 44.4 Å². The number of rotatable bonds is 8. The van der Waals surface area contributed by atoms with E-state index in [9.17, 15) is 0 Å². The van der Waals surface area contributed by atoms with Crippen molar-refractivity contribution >= 4 is 116 Å². The van der Waals surface area contributed by atoms with Crippen molar-refractivity contribution in [2.45, 2.75) is 38.5 Å².